The van der Waals surface area contributed by atoms with Crippen LogP contribution in [0.15, 0.2) is 65.6 Å². The van der Waals surface area contributed by atoms with Crippen LogP contribution in [0.4, 0.5) is 0 Å². The Bertz CT molecular complexity index is 611. The van der Waals surface area contributed by atoms with Gasteiger partial charge in [-0.25, -0.2) is 0 Å². The molecule has 114 valence electrons. The minimum Gasteiger partial charge on any atom is -0.443 e. The highest BCUT2D eigenvalue weighted by Gasteiger charge is 2.22. The smallest absolute Gasteiger partial charge is 0.304 e. The molecule has 2 aromatic carbocycles. The van der Waals surface area contributed by atoms with Gasteiger partial charge in [0.15, 0.2) is 5.78 Å². The Hall–Kier alpha value is -2.07. The van der Waals surface area contributed by atoms with E-state index < -0.39 is 11.4 Å². The number of hydrogen-bond donors (Lipinski definition) is 0. The maximum Gasteiger partial charge on any atom is 0.304 e. The summed E-state index contributed by atoms with van der Waals surface area (Å²) in [5, 5.41) is 0. The second kappa shape index (κ2) is 8.39. The molecule has 0 amide bonds. The molecule has 0 heterocycles. The first kappa shape index (κ1) is 16.3. The maximum absolute atomic E-state index is 12.4. The van der Waals surface area contributed by atoms with Gasteiger partial charge >= 0.3 is 5.97 Å². The number of aryl methyl sites for hydroxylation is 1. The van der Waals surface area contributed by atoms with Crippen LogP contribution in [0, 0.1) is 0 Å². The molecule has 0 saturated heterocycles. The summed E-state index contributed by atoms with van der Waals surface area (Å²) < 4.78 is 5.18. The van der Waals surface area contributed by atoms with Crippen LogP contribution in [0.25, 0.3) is 0 Å². The molecule has 0 N–H and O–H groups in total. The molecule has 0 aliphatic rings. The number of esters is 1. The third-order valence-corrected chi connectivity index (χ3v) is 4.14. The first-order chi connectivity index (χ1) is 10.6. The Balaban J connectivity index is 1.98. The first-order valence-electron chi connectivity index (χ1n) is 7.11. The number of carbonyl (C=O) groups is 2. The average Bonchev–Trinajstić information content (AvgIpc) is 2.53. The fourth-order valence-electron chi connectivity index (χ4n) is 1.96. The van der Waals surface area contributed by atoms with Gasteiger partial charge in [-0.2, -0.15) is 0 Å². The number of rotatable bonds is 7. The second-order valence-electron chi connectivity index (χ2n) is 4.82. The molecule has 2 rings (SSSR count). The molecule has 0 radical (unpaired) electrons. The lowest BCUT2D eigenvalue weighted by molar-refractivity contribution is -0.147. The van der Waals surface area contributed by atoms with Gasteiger partial charge in [0.05, 0.1) is 0 Å². The highest BCUT2D eigenvalue weighted by molar-refractivity contribution is 8.00. The lowest BCUT2D eigenvalue weighted by atomic mass is 10.1. The van der Waals surface area contributed by atoms with E-state index in [4.69, 9.17) is 4.74 Å². The van der Waals surface area contributed by atoms with Crippen molar-refractivity contribution in [2.75, 3.05) is 0 Å². The van der Waals surface area contributed by atoms with Gasteiger partial charge in [-0.05, 0) is 24.1 Å². The van der Waals surface area contributed by atoms with Crippen molar-refractivity contribution in [3.05, 3.63) is 66.2 Å². The van der Waals surface area contributed by atoms with E-state index in [1.807, 2.05) is 60.7 Å². The number of hydrogen-bond acceptors (Lipinski definition) is 4. The fourth-order valence-corrected chi connectivity index (χ4v) is 2.95. The lowest BCUT2D eigenvalue weighted by Crippen LogP contribution is -2.23. The van der Waals surface area contributed by atoms with Crippen molar-refractivity contribution >= 4 is 23.5 Å². The minimum absolute atomic E-state index is 0.0760. The van der Waals surface area contributed by atoms with Crippen molar-refractivity contribution < 1.29 is 14.3 Å². The predicted molar refractivity (Wildman–Crippen MR) is 87.6 cm³/mol. The summed E-state index contributed by atoms with van der Waals surface area (Å²) in [6.45, 7) is 1.32. The Kier molecular flexibility index (Phi) is 6.22. The first-order valence-corrected chi connectivity index (χ1v) is 7.98. The normalized spacial score (nSPS) is 11.7. The van der Waals surface area contributed by atoms with E-state index in [2.05, 4.69) is 0 Å². The van der Waals surface area contributed by atoms with E-state index in [9.17, 15) is 9.59 Å². The molecular formula is C18H18O3S. The Labute approximate surface area is 134 Å². The molecule has 2 aromatic rings. The second-order valence-corrected chi connectivity index (χ2v) is 5.96. The highest BCUT2D eigenvalue weighted by Crippen LogP contribution is 2.25. The molecule has 0 aromatic heterocycles. The zero-order valence-electron chi connectivity index (χ0n) is 12.4. The number of thioether (sulfide) groups is 1. The zero-order valence-corrected chi connectivity index (χ0v) is 13.2. The summed E-state index contributed by atoms with van der Waals surface area (Å²) >= 11 is 1.27. The van der Waals surface area contributed by atoms with E-state index in [0.29, 0.717) is 12.8 Å². The summed E-state index contributed by atoms with van der Waals surface area (Å²) in [7, 11) is 0. The molecule has 3 nitrogen and oxygen atoms in total. The molecule has 4 heteroatoms. The van der Waals surface area contributed by atoms with Crippen LogP contribution in [-0.2, 0) is 20.7 Å². The summed E-state index contributed by atoms with van der Waals surface area (Å²) in [4.78, 5) is 24.5. The van der Waals surface area contributed by atoms with E-state index in [0.717, 1.165) is 10.5 Å². The fraction of sp³-hybridized carbons (Fsp3) is 0.222. The van der Waals surface area contributed by atoms with E-state index >= 15 is 0 Å². The number of benzene rings is 2. The van der Waals surface area contributed by atoms with Crippen molar-refractivity contribution in [2.24, 2.45) is 0 Å². The minimum atomic E-state index is -0.788. The third kappa shape index (κ3) is 5.37. The number of carbonyl (C=O) groups excluding carboxylic acids is 2. The molecule has 0 fully saturated rings. The van der Waals surface area contributed by atoms with Gasteiger partial charge in [0.25, 0.3) is 0 Å². The van der Waals surface area contributed by atoms with E-state index in [1.54, 1.807) is 0 Å². The van der Waals surface area contributed by atoms with Gasteiger partial charge in [0, 0.05) is 18.2 Å². The van der Waals surface area contributed by atoms with E-state index in [1.165, 1.54) is 18.7 Å². The van der Waals surface area contributed by atoms with Crippen LogP contribution in [0.1, 0.15) is 18.9 Å². The summed E-state index contributed by atoms with van der Waals surface area (Å²) in [6, 6.07) is 19.3. The highest BCUT2D eigenvalue weighted by atomic mass is 32.2. The van der Waals surface area contributed by atoms with Gasteiger partial charge in [-0.15, -0.1) is 0 Å². The van der Waals surface area contributed by atoms with Crippen molar-refractivity contribution in [1.82, 2.24) is 0 Å². The molecule has 0 bridgehead atoms. The maximum atomic E-state index is 12.4. The summed E-state index contributed by atoms with van der Waals surface area (Å²) in [6.07, 6.45) is 0.995. The predicted octanol–water partition coefficient (Wildman–Crippen LogP) is 3.87. The van der Waals surface area contributed by atoms with Crippen LogP contribution in [0.3, 0.4) is 0 Å². The van der Waals surface area contributed by atoms with Gasteiger partial charge in [0.1, 0.15) is 0 Å². The monoisotopic (exact) mass is 314 g/mol. The molecule has 1 atom stereocenters. The summed E-state index contributed by atoms with van der Waals surface area (Å²) in [5.41, 5.74) is 0.311. The SMILES string of the molecule is CC(=O)OC(Sc1ccccc1)C(=O)CCc1ccccc1. The lowest BCUT2D eigenvalue weighted by Gasteiger charge is -2.15. The molecule has 0 aliphatic heterocycles. The molecule has 0 aliphatic carbocycles. The van der Waals surface area contributed by atoms with Crippen molar-refractivity contribution in [3.63, 3.8) is 0 Å². The Morgan fingerprint density at radius 1 is 1.00 bits per heavy atom. The largest absolute Gasteiger partial charge is 0.443 e. The third-order valence-electron chi connectivity index (χ3n) is 3.03. The molecule has 1 unspecified atom stereocenters. The van der Waals surface area contributed by atoms with Crippen LogP contribution >= 0.6 is 11.8 Å². The summed E-state index contributed by atoms with van der Waals surface area (Å²) in [5.74, 6) is -0.519. The Morgan fingerprint density at radius 2 is 1.59 bits per heavy atom. The van der Waals surface area contributed by atoms with Crippen LogP contribution in [-0.4, -0.2) is 17.2 Å². The molecule has 0 saturated carbocycles. The van der Waals surface area contributed by atoms with Gasteiger partial charge in [-0.1, -0.05) is 60.3 Å². The van der Waals surface area contributed by atoms with Gasteiger partial charge in [0.2, 0.25) is 5.44 Å². The topological polar surface area (TPSA) is 43.4 Å². The Morgan fingerprint density at radius 3 is 2.18 bits per heavy atom. The molecule has 0 spiro atoms. The van der Waals surface area contributed by atoms with Crippen molar-refractivity contribution in [1.29, 1.82) is 0 Å². The van der Waals surface area contributed by atoms with Crippen LogP contribution < -0.4 is 0 Å². The quantitative estimate of drug-likeness (QED) is 0.442. The average molecular weight is 314 g/mol. The molecule has 22 heavy (non-hydrogen) atoms. The zero-order chi connectivity index (χ0) is 15.8. The van der Waals surface area contributed by atoms with Crippen molar-refractivity contribution in [2.45, 2.75) is 30.1 Å². The molecular weight excluding hydrogens is 296 g/mol. The number of ether oxygens (including phenoxy) is 1. The standard InChI is InChI=1S/C18H18O3S/c1-14(19)21-18(22-16-10-6-3-7-11-16)17(20)13-12-15-8-4-2-5-9-15/h2-11,18H,12-13H2,1H3. The number of Topliss-reactive ketones (excluding diaryl/α,β-unsaturated/α-hetero) is 1. The number of ketones is 1. The van der Waals surface area contributed by atoms with Crippen LogP contribution in [0.5, 0.6) is 0 Å². The van der Waals surface area contributed by atoms with E-state index in [-0.39, 0.29) is 5.78 Å². The van der Waals surface area contributed by atoms with Gasteiger partial charge < -0.3 is 4.74 Å². The van der Waals surface area contributed by atoms with Gasteiger partial charge in [-0.3, -0.25) is 9.59 Å². The van der Waals surface area contributed by atoms with Crippen LogP contribution in [0.2, 0.25) is 0 Å². The van der Waals surface area contributed by atoms with Crippen molar-refractivity contribution in [3.8, 4) is 0 Å².